The predicted octanol–water partition coefficient (Wildman–Crippen LogP) is -3.94. The van der Waals surface area contributed by atoms with Gasteiger partial charge in [-0.05, 0) is 13.8 Å². The molecular weight excluding hydrogens is 328 g/mol. The van der Waals surface area contributed by atoms with Crippen LogP contribution in [0, 0.1) is 0 Å². The van der Waals surface area contributed by atoms with E-state index in [9.17, 15) is 30.6 Å². The molecule has 0 radical (unpaired) electrons. The Bertz CT molecular complexity index is 414. The van der Waals surface area contributed by atoms with Crippen molar-refractivity contribution in [3.05, 3.63) is 0 Å². The van der Waals surface area contributed by atoms with Gasteiger partial charge in [-0.1, -0.05) is 0 Å². The quantitative estimate of drug-likeness (QED) is 0.264. The van der Waals surface area contributed by atoms with E-state index < -0.39 is 73.9 Å². The lowest BCUT2D eigenvalue weighted by atomic mass is 9.87. The van der Waals surface area contributed by atoms with Crippen LogP contribution < -0.4 is 0 Å². The minimum absolute atomic E-state index is 0.532. The summed E-state index contributed by atoms with van der Waals surface area (Å²) < 4.78 is 16.1. The highest BCUT2D eigenvalue weighted by atomic mass is 16.7. The van der Waals surface area contributed by atoms with Crippen LogP contribution in [0.3, 0.4) is 0 Å². The highest BCUT2D eigenvalue weighted by molar-refractivity contribution is 4.99. The Morgan fingerprint density at radius 1 is 0.833 bits per heavy atom. The fraction of sp³-hybridized carbons (Fsp3) is 1.00. The summed E-state index contributed by atoms with van der Waals surface area (Å²) in [6.45, 7) is 1.91. The molecule has 2 saturated heterocycles. The monoisotopic (exact) mass is 354 g/mol. The van der Waals surface area contributed by atoms with Gasteiger partial charge >= 0.3 is 0 Å². The van der Waals surface area contributed by atoms with Gasteiger partial charge in [0.15, 0.2) is 6.29 Å². The van der Waals surface area contributed by atoms with Gasteiger partial charge in [-0.15, -0.1) is 0 Å². The summed E-state index contributed by atoms with van der Waals surface area (Å²) in [7, 11) is 0. The number of aliphatic hydroxyl groups is 7. The Morgan fingerprint density at radius 3 is 1.96 bits per heavy atom. The van der Waals surface area contributed by atoms with Crippen molar-refractivity contribution >= 4 is 0 Å². The molecule has 0 aliphatic carbocycles. The number of aliphatic hydroxyl groups excluding tert-OH is 7. The van der Waals surface area contributed by atoms with E-state index >= 15 is 0 Å². The van der Waals surface area contributed by atoms with Gasteiger partial charge in [0.25, 0.3) is 0 Å². The zero-order valence-electron chi connectivity index (χ0n) is 13.5. The lowest BCUT2D eigenvalue weighted by molar-refractivity contribution is -0.349. The highest BCUT2D eigenvalue weighted by Gasteiger charge is 2.52. The number of ether oxygens (including phenoxy) is 3. The van der Waals surface area contributed by atoms with Crippen LogP contribution in [-0.4, -0.2) is 110 Å². The maximum atomic E-state index is 10.3. The fourth-order valence-corrected chi connectivity index (χ4v) is 2.98. The topological polar surface area (TPSA) is 169 Å². The lowest BCUT2D eigenvalue weighted by Gasteiger charge is -2.48. The molecule has 2 rings (SSSR count). The molecule has 0 aromatic rings. The first-order valence-corrected chi connectivity index (χ1v) is 7.74. The summed E-state index contributed by atoms with van der Waals surface area (Å²) in [6, 6.07) is 0. The second kappa shape index (κ2) is 7.46. The van der Waals surface area contributed by atoms with Gasteiger partial charge in [-0.2, -0.15) is 0 Å². The molecule has 2 aliphatic heterocycles. The fourth-order valence-electron chi connectivity index (χ4n) is 2.98. The van der Waals surface area contributed by atoms with Crippen molar-refractivity contribution in [2.45, 2.75) is 74.6 Å². The van der Waals surface area contributed by atoms with Crippen molar-refractivity contribution in [1.82, 2.24) is 0 Å². The molecule has 0 aromatic heterocycles. The van der Waals surface area contributed by atoms with E-state index in [1.807, 2.05) is 0 Å². The van der Waals surface area contributed by atoms with Gasteiger partial charge in [-0.25, -0.2) is 0 Å². The molecule has 0 amide bonds. The standard InChI is InChI=1S/C14H26O10/c1-14(2)12(21)10(20)11(6(4-16)24-14)23-13-9(19)8(18)7(17)5(3-15)22-13/h5-13,15-21H,3-4H2,1-2H3/t5?,6?,7-,8-,9?,10-,11-,12?,13+/m0/s1. The maximum Gasteiger partial charge on any atom is 0.187 e. The van der Waals surface area contributed by atoms with E-state index in [-0.39, 0.29) is 0 Å². The van der Waals surface area contributed by atoms with Crippen molar-refractivity contribution < 1.29 is 50.0 Å². The largest absolute Gasteiger partial charge is 0.394 e. The van der Waals surface area contributed by atoms with E-state index in [0.717, 1.165) is 0 Å². The summed E-state index contributed by atoms with van der Waals surface area (Å²) in [5.74, 6) is 0. The van der Waals surface area contributed by atoms with E-state index in [1.165, 1.54) is 13.8 Å². The molecule has 10 nitrogen and oxygen atoms in total. The molecule has 2 heterocycles. The molecule has 9 atom stereocenters. The van der Waals surface area contributed by atoms with Crippen LogP contribution in [0.15, 0.2) is 0 Å². The molecule has 0 bridgehead atoms. The average molecular weight is 354 g/mol. The van der Waals surface area contributed by atoms with Crippen LogP contribution in [0.25, 0.3) is 0 Å². The minimum Gasteiger partial charge on any atom is -0.394 e. The van der Waals surface area contributed by atoms with Crippen LogP contribution in [0.2, 0.25) is 0 Å². The van der Waals surface area contributed by atoms with Gasteiger partial charge in [-0.3, -0.25) is 0 Å². The Morgan fingerprint density at radius 2 is 1.42 bits per heavy atom. The second-order valence-corrected chi connectivity index (χ2v) is 6.68. The summed E-state index contributed by atoms with van der Waals surface area (Å²) in [6.07, 6.45) is -12.6. The molecule has 4 unspecified atom stereocenters. The Labute approximate surface area is 138 Å². The van der Waals surface area contributed by atoms with E-state index in [2.05, 4.69) is 0 Å². The van der Waals surface area contributed by atoms with E-state index in [1.54, 1.807) is 0 Å². The summed E-state index contributed by atoms with van der Waals surface area (Å²) in [5.41, 5.74) is -1.14. The highest BCUT2D eigenvalue weighted by Crippen LogP contribution is 2.33. The average Bonchev–Trinajstić information content (AvgIpc) is 2.55. The second-order valence-electron chi connectivity index (χ2n) is 6.68. The van der Waals surface area contributed by atoms with E-state index in [0.29, 0.717) is 0 Å². The van der Waals surface area contributed by atoms with Crippen LogP contribution in [-0.2, 0) is 14.2 Å². The molecule has 7 N–H and O–H groups in total. The van der Waals surface area contributed by atoms with Crippen LogP contribution >= 0.6 is 0 Å². The lowest BCUT2D eigenvalue weighted by Crippen LogP contribution is -2.66. The molecule has 24 heavy (non-hydrogen) atoms. The molecule has 142 valence electrons. The Kier molecular flexibility index (Phi) is 6.19. The summed E-state index contributed by atoms with van der Waals surface area (Å²) >= 11 is 0. The van der Waals surface area contributed by atoms with Crippen LogP contribution in [0.4, 0.5) is 0 Å². The molecule has 2 aliphatic rings. The van der Waals surface area contributed by atoms with Crippen molar-refractivity contribution in [3.63, 3.8) is 0 Å². The van der Waals surface area contributed by atoms with Crippen molar-refractivity contribution in [3.8, 4) is 0 Å². The zero-order valence-corrected chi connectivity index (χ0v) is 13.5. The maximum absolute atomic E-state index is 10.3. The number of rotatable bonds is 4. The molecule has 0 aromatic carbocycles. The normalized spacial score (nSPS) is 49.1. The van der Waals surface area contributed by atoms with Crippen LogP contribution in [0.1, 0.15) is 13.8 Å². The molecule has 10 heteroatoms. The molecular formula is C14H26O10. The zero-order chi connectivity index (χ0) is 18.2. The Balaban J connectivity index is 2.15. The predicted molar refractivity (Wildman–Crippen MR) is 76.7 cm³/mol. The number of hydrogen-bond acceptors (Lipinski definition) is 10. The first kappa shape index (κ1) is 19.9. The van der Waals surface area contributed by atoms with Crippen molar-refractivity contribution in [2.75, 3.05) is 13.2 Å². The molecule has 0 saturated carbocycles. The van der Waals surface area contributed by atoms with Gasteiger partial charge in [0.2, 0.25) is 0 Å². The third-order valence-corrected chi connectivity index (χ3v) is 4.51. The van der Waals surface area contributed by atoms with Gasteiger partial charge in [0, 0.05) is 0 Å². The Hall–Kier alpha value is -0.400. The number of hydrogen-bond donors (Lipinski definition) is 7. The van der Waals surface area contributed by atoms with Gasteiger partial charge < -0.3 is 50.0 Å². The van der Waals surface area contributed by atoms with Gasteiger partial charge in [0.1, 0.15) is 48.8 Å². The third-order valence-electron chi connectivity index (χ3n) is 4.51. The summed E-state index contributed by atoms with van der Waals surface area (Å²) in [5, 5.41) is 68.5. The first-order valence-electron chi connectivity index (χ1n) is 7.74. The van der Waals surface area contributed by atoms with Gasteiger partial charge in [0.05, 0.1) is 18.8 Å². The smallest absolute Gasteiger partial charge is 0.187 e. The minimum atomic E-state index is -1.67. The van der Waals surface area contributed by atoms with Crippen molar-refractivity contribution in [1.29, 1.82) is 0 Å². The summed E-state index contributed by atoms with van der Waals surface area (Å²) in [4.78, 5) is 0. The molecule has 2 fully saturated rings. The van der Waals surface area contributed by atoms with Crippen LogP contribution in [0.5, 0.6) is 0 Å². The first-order chi connectivity index (χ1) is 11.1. The third kappa shape index (κ3) is 3.58. The van der Waals surface area contributed by atoms with E-state index in [4.69, 9.17) is 19.3 Å². The molecule has 0 spiro atoms. The SMILES string of the molecule is CC1(C)OC(CO)[C@H](O[C@H]2OC(CO)[C@H](O)[C@H](O)C2O)[C@H](O)C1O. The van der Waals surface area contributed by atoms with Crippen molar-refractivity contribution in [2.24, 2.45) is 0 Å².